The smallest absolute Gasteiger partial charge is 0.324 e. The molecule has 1 N–H and O–H groups in total. The number of carbonyl (C=O) groups is 1. The molecule has 8 heteroatoms. The van der Waals surface area contributed by atoms with Gasteiger partial charge in [0.25, 0.3) is 5.19 Å². The van der Waals surface area contributed by atoms with Crippen LogP contribution in [-0.2, 0) is 0 Å². The summed E-state index contributed by atoms with van der Waals surface area (Å²) in [5.41, 5.74) is 0. The highest BCUT2D eigenvalue weighted by molar-refractivity contribution is 7.17. The molecule has 3 heterocycles. The van der Waals surface area contributed by atoms with Gasteiger partial charge >= 0.3 is 6.03 Å². The maximum absolute atomic E-state index is 12.3. The van der Waals surface area contributed by atoms with E-state index in [0.717, 1.165) is 19.4 Å². The average molecular weight is 310 g/mol. The Bertz CT molecular complexity index is 584. The van der Waals surface area contributed by atoms with Gasteiger partial charge in [0, 0.05) is 11.4 Å². The maximum atomic E-state index is 12.3. The number of hydrogen-bond donors (Lipinski definition) is 1. The van der Waals surface area contributed by atoms with Gasteiger partial charge in [0.2, 0.25) is 5.13 Å². The van der Waals surface area contributed by atoms with Crippen LogP contribution in [0.15, 0.2) is 17.5 Å². The summed E-state index contributed by atoms with van der Waals surface area (Å²) in [6.45, 7) is 0.768. The van der Waals surface area contributed by atoms with Crippen molar-refractivity contribution in [2.45, 2.75) is 18.9 Å². The minimum Gasteiger partial charge on any atom is -0.472 e. The van der Waals surface area contributed by atoms with Gasteiger partial charge in [0.15, 0.2) is 0 Å². The minimum atomic E-state index is -0.125. The first-order valence-corrected chi connectivity index (χ1v) is 7.96. The van der Waals surface area contributed by atoms with Gasteiger partial charge in [0.1, 0.15) is 0 Å². The van der Waals surface area contributed by atoms with Crippen LogP contribution in [0.5, 0.6) is 5.19 Å². The van der Waals surface area contributed by atoms with Crippen molar-refractivity contribution >= 4 is 33.8 Å². The lowest BCUT2D eigenvalue weighted by molar-refractivity contribution is 0.208. The molecule has 1 aliphatic heterocycles. The second kappa shape index (κ2) is 5.76. The van der Waals surface area contributed by atoms with Crippen molar-refractivity contribution < 1.29 is 9.53 Å². The number of nitrogens with one attached hydrogen (secondary N) is 1. The molecule has 3 rings (SSSR count). The number of anilines is 1. The van der Waals surface area contributed by atoms with Crippen LogP contribution in [0.4, 0.5) is 9.93 Å². The largest absolute Gasteiger partial charge is 0.472 e. The first-order chi connectivity index (χ1) is 9.78. The van der Waals surface area contributed by atoms with E-state index in [4.69, 9.17) is 4.74 Å². The van der Waals surface area contributed by atoms with Crippen molar-refractivity contribution in [2.75, 3.05) is 19.0 Å². The molecule has 0 bridgehead atoms. The first kappa shape index (κ1) is 13.3. The summed E-state index contributed by atoms with van der Waals surface area (Å²) >= 11 is 2.91. The normalized spacial score (nSPS) is 18.2. The number of methoxy groups -OCH3 is 1. The second-order valence-corrected chi connectivity index (χ2v) is 6.29. The average Bonchev–Trinajstić information content (AvgIpc) is 3.19. The fourth-order valence-corrected chi connectivity index (χ4v) is 3.72. The van der Waals surface area contributed by atoms with Crippen molar-refractivity contribution in [3.8, 4) is 5.19 Å². The third-order valence-electron chi connectivity index (χ3n) is 3.18. The maximum Gasteiger partial charge on any atom is 0.324 e. The number of thiophene rings is 1. The van der Waals surface area contributed by atoms with Gasteiger partial charge in [-0.3, -0.25) is 5.32 Å². The Hall–Kier alpha value is -1.67. The number of rotatable bonds is 3. The van der Waals surface area contributed by atoms with Gasteiger partial charge in [-0.15, -0.1) is 16.4 Å². The van der Waals surface area contributed by atoms with Gasteiger partial charge in [-0.1, -0.05) is 11.2 Å². The summed E-state index contributed by atoms with van der Waals surface area (Å²) in [5.74, 6) is 0. The number of aromatic nitrogens is 2. The molecular formula is C12H14N4O2S2. The van der Waals surface area contributed by atoms with Crippen LogP contribution < -0.4 is 10.1 Å². The molecule has 1 aliphatic rings. The van der Waals surface area contributed by atoms with Crippen LogP contribution in [0.1, 0.15) is 23.8 Å². The van der Waals surface area contributed by atoms with Crippen LogP contribution in [0.3, 0.4) is 0 Å². The van der Waals surface area contributed by atoms with Gasteiger partial charge < -0.3 is 9.64 Å². The Balaban J connectivity index is 1.70. The Morgan fingerprint density at radius 1 is 1.55 bits per heavy atom. The van der Waals surface area contributed by atoms with Crippen LogP contribution in [0, 0.1) is 0 Å². The Kier molecular flexibility index (Phi) is 3.83. The number of ether oxygens (including phenoxy) is 1. The lowest BCUT2D eigenvalue weighted by Gasteiger charge is -2.23. The molecule has 1 atom stereocenters. The highest BCUT2D eigenvalue weighted by Gasteiger charge is 2.31. The van der Waals surface area contributed by atoms with E-state index in [9.17, 15) is 4.79 Å². The number of nitrogens with zero attached hydrogens (tertiary/aromatic N) is 3. The lowest BCUT2D eigenvalue weighted by atomic mass is 10.2. The van der Waals surface area contributed by atoms with Crippen molar-refractivity contribution in [1.82, 2.24) is 15.1 Å². The Morgan fingerprint density at radius 3 is 3.15 bits per heavy atom. The van der Waals surface area contributed by atoms with Crippen LogP contribution in [0.25, 0.3) is 0 Å². The molecule has 0 spiro atoms. The topological polar surface area (TPSA) is 67.4 Å². The Morgan fingerprint density at radius 2 is 2.45 bits per heavy atom. The van der Waals surface area contributed by atoms with Crippen molar-refractivity contribution in [3.05, 3.63) is 22.4 Å². The summed E-state index contributed by atoms with van der Waals surface area (Å²) in [6, 6.07) is 4.14. The van der Waals surface area contributed by atoms with Gasteiger partial charge in [-0.05, 0) is 35.6 Å². The second-order valence-electron chi connectivity index (χ2n) is 4.37. The van der Waals surface area contributed by atoms with Crippen LogP contribution in [0.2, 0.25) is 0 Å². The molecule has 0 saturated carbocycles. The third-order valence-corrected chi connectivity index (χ3v) is 4.95. The van der Waals surface area contributed by atoms with E-state index in [1.807, 2.05) is 16.3 Å². The SMILES string of the molecule is COc1nnc(NC(=O)N2CCC[C@H]2c2cccs2)s1. The molecule has 1 fully saturated rings. The first-order valence-electron chi connectivity index (χ1n) is 6.26. The fourth-order valence-electron chi connectivity index (χ4n) is 2.29. The van der Waals surface area contributed by atoms with E-state index in [-0.39, 0.29) is 12.1 Å². The van der Waals surface area contributed by atoms with E-state index in [2.05, 4.69) is 21.6 Å². The van der Waals surface area contributed by atoms with Gasteiger partial charge in [-0.2, -0.15) is 0 Å². The minimum absolute atomic E-state index is 0.125. The van der Waals surface area contributed by atoms with E-state index in [1.54, 1.807) is 11.3 Å². The molecule has 2 aromatic rings. The molecule has 20 heavy (non-hydrogen) atoms. The zero-order valence-corrected chi connectivity index (χ0v) is 12.5. The van der Waals surface area contributed by atoms with E-state index < -0.39 is 0 Å². The summed E-state index contributed by atoms with van der Waals surface area (Å²) < 4.78 is 4.96. The number of urea groups is 1. The third kappa shape index (κ3) is 2.61. The zero-order chi connectivity index (χ0) is 13.9. The van der Waals surface area contributed by atoms with Gasteiger partial charge in [-0.25, -0.2) is 4.79 Å². The molecule has 0 unspecified atom stereocenters. The quantitative estimate of drug-likeness (QED) is 0.946. The molecule has 2 amide bonds. The lowest BCUT2D eigenvalue weighted by Crippen LogP contribution is -2.34. The van der Waals surface area contributed by atoms with Gasteiger partial charge in [0.05, 0.1) is 13.2 Å². The molecular weight excluding hydrogens is 296 g/mol. The number of amides is 2. The highest BCUT2D eigenvalue weighted by atomic mass is 32.1. The van der Waals surface area contributed by atoms with Crippen molar-refractivity contribution in [1.29, 1.82) is 0 Å². The van der Waals surface area contributed by atoms with Crippen LogP contribution in [-0.4, -0.2) is 34.8 Å². The monoisotopic (exact) mass is 310 g/mol. The molecule has 106 valence electrons. The highest BCUT2D eigenvalue weighted by Crippen LogP contribution is 2.35. The predicted molar refractivity (Wildman–Crippen MR) is 78.5 cm³/mol. The number of carbonyl (C=O) groups excluding carboxylic acids is 1. The van der Waals surface area contributed by atoms with E-state index in [1.165, 1.54) is 23.3 Å². The standard InChI is InChI=1S/C12H14N4O2S2/c1-18-12-15-14-10(20-12)13-11(17)16-6-2-4-8(16)9-5-3-7-19-9/h3,5,7-8H,2,4,6H2,1H3,(H,13,14,17)/t8-/m0/s1. The number of hydrogen-bond acceptors (Lipinski definition) is 6. The molecule has 2 aromatic heterocycles. The van der Waals surface area contributed by atoms with Crippen LogP contribution >= 0.6 is 22.7 Å². The summed E-state index contributed by atoms with van der Waals surface area (Å²) in [5, 5.41) is 13.4. The summed E-state index contributed by atoms with van der Waals surface area (Å²) in [6.07, 6.45) is 2.03. The number of likely N-dealkylation sites (tertiary alicyclic amines) is 1. The summed E-state index contributed by atoms with van der Waals surface area (Å²) in [4.78, 5) is 15.4. The molecule has 0 aromatic carbocycles. The predicted octanol–water partition coefficient (Wildman–Crippen LogP) is 2.98. The molecule has 0 radical (unpaired) electrons. The zero-order valence-electron chi connectivity index (χ0n) is 10.9. The van der Waals surface area contributed by atoms with Crippen molar-refractivity contribution in [2.24, 2.45) is 0 Å². The Labute approximate surface area is 124 Å². The van der Waals surface area contributed by atoms with Crippen molar-refractivity contribution in [3.63, 3.8) is 0 Å². The fraction of sp³-hybridized carbons (Fsp3) is 0.417. The molecule has 1 saturated heterocycles. The molecule has 0 aliphatic carbocycles. The molecule has 6 nitrogen and oxygen atoms in total. The summed E-state index contributed by atoms with van der Waals surface area (Å²) in [7, 11) is 1.53. The van der Waals surface area contributed by atoms with E-state index >= 15 is 0 Å². The van der Waals surface area contributed by atoms with E-state index in [0.29, 0.717) is 10.3 Å².